The summed E-state index contributed by atoms with van der Waals surface area (Å²) in [5.74, 6) is 0.887. The van der Waals surface area contributed by atoms with Crippen molar-refractivity contribution in [3.63, 3.8) is 0 Å². The maximum atomic E-state index is 11.2. The third kappa shape index (κ3) is 5.32. The minimum atomic E-state index is 0.0329. The number of ether oxygens (including phenoxy) is 1. The zero-order chi connectivity index (χ0) is 19.1. The van der Waals surface area contributed by atoms with Crippen molar-refractivity contribution < 1.29 is 9.53 Å². The maximum Gasteiger partial charge on any atom is 0.218 e. The average Bonchev–Trinajstić information content (AvgIpc) is 3.12. The number of carbonyl (C=O) groups is 1. The van der Waals surface area contributed by atoms with Crippen LogP contribution in [-0.2, 0) is 4.79 Å². The first-order chi connectivity index (χ1) is 13.2. The molecule has 1 N–H and O–H groups in total. The average molecular weight is 363 g/mol. The highest BCUT2D eigenvalue weighted by Crippen LogP contribution is 2.23. The standard InChI is InChI=1S/C22H25N3O2/c1-17(26)24-22-4-2-13-25(22)14-3-15-27-21-11-9-20(10-12-21)19-7-5-18(16-23)6-8-19/h5-12,22H,2-4,13-15H2,1H3,(H,24,26). The van der Waals surface area contributed by atoms with Crippen molar-refractivity contribution in [2.45, 2.75) is 32.4 Å². The number of benzene rings is 2. The molecule has 0 saturated carbocycles. The summed E-state index contributed by atoms with van der Waals surface area (Å²) in [6.45, 7) is 4.18. The molecule has 1 fully saturated rings. The Hall–Kier alpha value is -2.84. The fraction of sp³-hybridized carbons (Fsp3) is 0.364. The van der Waals surface area contributed by atoms with Gasteiger partial charge in [0.2, 0.25) is 5.91 Å². The van der Waals surface area contributed by atoms with Crippen LogP contribution in [0.25, 0.3) is 11.1 Å². The molecule has 2 aromatic carbocycles. The molecule has 27 heavy (non-hydrogen) atoms. The van der Waals surface area contributed by atoms with Crippen LogP contribution in [0, 0.1) is 11.3 Å². The molecule has 1 aliphatic rings. The number of likely N-dealkylation sites (tertiary alicyclic amines) is 1. The van der Waals surface area contributed by atoms with Gasteiger partial charge in [-0.25, -0.2) is 0 Å². The van der Waals surface area contributed by atoms with Gasteiger partial charge < -0.3 is 10.1 Å². The molecule has 1 heterocycles. The molecule has 0 radical (unpaired) electrons. The second-order valence-electron chi connectivity index (χ2n) is 6.81. The van der Waals surface area contributed by atoms with Gasteiger partial charge in [-0.2, -0.15) is 5.26 Å². The summed E-state index contributed by atoms with van der Waals surface area (Å²) >= 11 is 0. The number of hydrogen-bond acceptors (Lipinski definition) is 4. The molecule has 0 bridgehead atoms. The highest BCUT2D eigenvalue weighted by atomic mass is 16.5. The van der Waals surface area contributed by atoms with Gasteiger partial charge >= 0.3 is 0 Å². The van der Waals surface area contributed by atoms with E-state index in [1.165, 1.54) is 0 Å². The molecule has 0 spiro atoms. The zero-order valence-corrected chi connectivity index (χ0v) is 15.6. The van der Waals surface area contributed by atoms with Crippen molar-refractivity contribution in [3.05, 3.63) is 54.1 Å². The Morgan fingerprint density at radius 2 is 1.85 bits per heavy atom. The zero-order valence-electron chi connectivity index (χ0n) is 15.6. The number of carbonyl (C=O) groups excluding carboxylic acids is 1. The monoisotopic (exact) mass is 363 g/mol. The van der Waals surface area contributed by atoms with Crippen LogP contribution in [0.3, 0.4) is 0 Å². The Morgan fingerprint density at radius 1 is 1.19 bits per heavy atom. The van der Waals surface area contributed by atoms with Gasteiger partial charge in [0.1, 0.15) is 5.75 Å². The lowest BCUT2D eigenvalue weighted by atomic mass is 10.0. The summed E-state index contributed by atoms with van der Waals surface area (Å²) in [5, 5.41) is 11.9. The minimum absolute atomic E-state index is 0.0329. The van der Waals surface area contributed by atoms with E-state index in [4.69, 9.17) is 10.00 Å². The van der Waals surface area contributed by atoms with Crippen LogP contribution >= 0.6 is 0 Å². The van der Waals surface area contributed by atoms with E-state index in [9.17, 15) is 4.79 Å². The topological polar surface area (TPSA) is 65.4 Å². The Kier molecular flexibility index (Phi) is 6.45. The van der Waals surface area contributed by atoms with Crippen molar-refractivity contribution in [3.8, 4) is 22.9 Å². The van der Waals surface area contributed by atoms with Crippen molar-refractivity contribution in [2.75, 3.05) is 19.7 Å². The van der Waals surface area contributed by atoms with Gasteiger partial charge in [0.15, 0.2) is 0 Å². The van der Waals surface area contributed by atoms with Crippen LogP contribution in [0.15, 0.2) is 48.5 Å². The van der Waals surface area contributed by atoms with Crippen LogP contribution in [0.4, 0.5) is 0 Å². The molecule has 5 nitrogen and oxygen atoms in total. The summed E-state index contributed by atoms with van der Waals surface area (Å²) in [4.78, 5) is 13.6. The molecule has 0 aliphatic carbocycles. The van der Waals surface area contributed by atoms with E-state index in [1.807, 2.05) is 48.5 Å². The normalized spacial score (nSPS) is 16.7. The van der Waals surface area contributed by atoms with Crippen LogP contribution in [-0.4, -0.2) is 36.7 Å². The highest BCUT2D eigenvalue weighted by molar-refractivity contribution is 5.73. The SMILES string of the molecule is CC(=O)NC1CCCN1CCCOc1ccc(-c2ccc(C#N)cc2)cc1. The lowest BCUT2D eigenvalue weighted by molar-refractivity contribution is -0.120. The first-order valence-electron chi connectivity index (χ1n) is 9.40. The van der Waals surface area contributed by atoms with Gasteiger partial charge in [0.05, 0.1) is 24.4 Å². The fourth-order valence-corrected chi connectivity index (χ4v) is 3.43. The van der Waals surface area contributed by atoms with E-state index in [0.29, 0.717) is 12.2 Å². The van der Waals surface area contributed by atoms with E-state index >= 15 is 0 Å². The molecule has 1 saturated heterocycles. The van der Waals surface area contributed by atoms with Gasteiger partial charge in [-0.05, 0) is 54.7 Å². The predicted octanol–water partition coefficient (Wildman–Crippen LogP) is 3.55. The van der Waals surface area contributed by atoms with E-state index < -0.39 is 0 Å². The van der Waals surface area contributed by atoms with Crippen LogP contribution in [0.5, 0.6) is 5.75 Å². The smallest absolute Gasteiger partial charge is 0.218 e. The summed E-state index contributed by atoms with van der Waals surface area (Å²) in [6.07, 6.45) is 3.25. The molecule has 0 aromatic heterocycles. The quantitative estimate of drug-likeness (QED) is 0.764. The van der Waals surface area contributed by atoms with Crippen LogP contribution in [0.2, 0.25) is 0 Å². The number of nitrogens with zero attached hydrogens (tertiary/aromatic N) is 2. The lowest BCUT2D eigenvalue weighted by Gasteiger charge is -2.24. The molecular weight excluding hydrogens is 338 g/mol. The van der Waals surface area contributed by atoms with Crippen LogP contribution in [0.1, 0.15) is 31.7 Å². The number of nitriles is 1. The van der Waals surface area contributed by atoms with E-state index in [1.54, 1.807) is 6.92 Å². The molecule has 5 heteroatoms. The molecule has 1 unspecified atom stereocenters. The van der Waals surface area contributed by atoms with E-state index in [-0.39, 0.29) is 12.1 Å². The molecule has 140 valence electrons. The van der Waals surface area contributed by atoms with Gasteiger partial charge in [-0.15, -0.1) is 0 Å². The van der Waals surface area contributed by atoms with E-state index in [0.717, 1.165) is 49.2 Å². The Bertz CT molecular complexity index is 794. The van der Waals surface area contributed by atoms with E-state index in [2.05, 4.69) is 16.3 Å². The predicted molar refractivity (Wildman–Crippen MR) is 105 cm³/mol. The number of rotatable bonds is 7. The van der Waals surface area contributed by atoms with Gasteiger partial charge in [-0.3, -0.25) is 9.69 Å². The molecule has 3 rings (SSSR count). The van der Waals surface area contributed by atoms with Crippen molar-refractivity contribution in [2.24, 2.45) is 0 Å². The summed E-state index contributed by atoms with van der Waals surface area (Å²) in [5.41, 5.74) is 2.85. The fourth-order valence-electron chi connectivity index (χ4n) is 3.43. The minimum Gasteiger partial charge on any atom is -0.494 e. The Morgan fingerprint density at radius 3 is 2.48 bits per heavy atom. The molecular formula is C22H25N3O2. The maximum absolute atomic E-state index is 11.2. The largest absolute Gasteiger partial charge is 0.494 e. The summed E-state index contributed by atoms with van der Waals surface area (Å²) in [7, 11) is 0. The number of hydrogen-bond donors (Lipinski definition) is 1. The molecule has 1 atom stereocenters. The van der Waals surface area contributed by atoms with Gasteiger partial charge in [0, 0.05) is 20.0 Å². The van der Waals surface area contributed by atoms with Crippen LogP contribution < -0.4 is 10.1 Å². The Balaban J connectivity index is 1.45. The Labute approximate surface area is 160 Å². The third-order valence-electron chi connectivity index (χ3n) is 4.79. The molecule has 1 amide bonds. The van der Waals surface area contributed by atoms with Crippen molar-refractivity contribution >= 4 is 5.91 Å². The lowest BCUT2D eigenvalue weighted by Crippen LogP contribution is -2.43. The van der Waals surface area contributed by atoms with Gasteiger partial charge in [0.25, 0.3) is 0 Å². The van der Waals surface area contributed by atoms with Crippen molar-refractivity contribution in [1.29, 1.82) is 5.26 Å². The highest BCUT2D eigenvalue weighted by Gasteiger charge is 2.24. The molecule has 1 aliphatic heterocycles. The van der Waals surface area contributed by atoms with Gasteiger partial charge in [-0.1, -0.05) is 24.3 Å². The summed E-state index contributed by atoms with van der Waals surface area (Å²) < 4.78 is 5.85. The number of nitrogens with one attached hydrogen (secondary N) is 1. The first-order valence-corrected chi connectivity index (χ1v) is 9.40. The number of amides is 1. The first kappa shape index (κ1) is 18.9. The third-order valence-corrected chi connectivity index (χ3v) is 4.79. The second kappa shape index (κ2) is 9.20. The summed E-state index contributed by atoms with van der Waals surface area (Å²) in [6, 6.07) is 17.7. The van der Waals surface area contributed by atoms with Crippen molar-refractivity contribution in [1.82, 2.24) is 10.2 Å². The molecule has 2 aromatic rings. The second-order valence-corrected chi connectivity index (χ2v) is 6.81.